The number of rotatable bonds is 6. The molecule has 0 N–H and O–H groups in total. The zero-order valence-corrected chi connectivity index (χ0v) is 16.5. The van der Waals surface area contributed by atoms with Crippen LogP contribution in [0.3, 0.4) is 0 Å². The molecule has 10 heteroatoms. The van der Waals surface area contributed by atoms with E-state index in [-0.39, 0.29) is 5.25 Å². The molecule has 1 aromatic carbocycles. The van der Waals surface area contributed by atoms with E-state index < -0.39 is 0 Å². The van der Waals surface area contributed by atoms with Crippen LogP contribution < -0.4 is 4.74 Å². The van der Waals surface area contributed by atoms with Gasteiger partial charge in [0.1, 0.15) is 11.4 Å². The van der Waals surface area contributed by atoms with Crippen molar-refractivity contribution in [3.8, 4) is 22.2 Å². The van der Waals surface area contributed by atoms with E-state index in [0.717, 1.165) is 16.1 Å². The number of tetrazole rings is 1. The number of benzene rings is 1. The first kappa shape index (κ1) is 17.7. The molecule has 0 aliphatic carbocycles. The molecule has 3 heterocycles. The van der Waals surface area contributed by atoms with Crippen LogP contribution in [0.2, 0.25) is 0 Å². The fraction of sp³-hybridized carbons (Fsp3) is 0.235. The van der Waals surface area contributed by atoms with E-state index in [4.69, 9.17) is 9.15 Å². The second-order valence-electron chi connectivity index (χ2n) is 5.73. The lowest BCUT2D eigenvalue weighted by atomic mass is 10.2. The minimum absolute atomic E-state index is 0.119. The lowest BCUT2D eigenvalue weighted by Crippen LogP contribution is -2.03. The molecule has 4 aromatic rings. The van der Waals surface area contributed by atoms with Crippen molar-refractivity contribution in [2.24, 2.45) is 0 Å². The Labute approximate surface area is 163 Å². The van der Waals surface area contributed by atoms with Gasteiger partial charge in [-0.2, -0.15) is 4.68 Å². The first-order chi connectivity index (χ1) is 13.2. The van der Waals surface area contributed by atoms with E-state index in [1.54, 1.807) is 23.1 Å². The molecule has 0 fully saturated rings. The topological polar surface area (TPSA) is 91.8 Å². The number of thioether (sulfide) groups is 1. The van der Waals surface area contributed by atoms with Gasteiger partial charge in [-0.1, -0.05) is 23.9 Å². The fourth-order valence-electron chi connectivity index (χ4n) is 2.48. The van der Waals surface area contributed by atoms with Crippen LogP contribution in [0.25, 0.3) is 16.5 Å². The largest absolute Gasteiger partial charge is 0.494 e. The molecule has 0 bridgehead atoms. The van der Waals surface area contributed by atoms with E-state index in [1.165, 1.54) is 11.8 Å². The average Bonchev–Trinajstić information content (AvgIpc) is 3.42. The van der Waals surface area contributed by atoms with E-state index in [1.807, 2.05) is 49.6 Å². The molecule has 0 saturated heterocycles. The number of aromatic nitrogens is 6. The number of aryl methyl sites for hydroxylation is 1. The summed E-state index contributed by atoms with van der Waals surface area (Å²) in [6, 6.07) is 9.75. The molecule has 0 aliphatic rings. The van der Waals surface area contributed by atoms with Crippen molar-refractivity contribution in [3.05, 3.63) is 47.2 Å². The lowest BCUT2D eigenvalue weighted by Gasteiger charge is -2.11. The highest BCUT2D eigenvalue weighted by molar-refractivity contribution is 7.99. The Balaban J connectivity index is 1.60. The summed E-state index contributed by atoms with van der Waals surface area (Å²) in [5.74, 6) is 1.74. The molecule has 0 amide bonds. The highest BCUT2D eigenvalue weighted by atomic mass is 32.2. The van der Waals surface area contributed by atoms with Gasteiger partial charge < -0.3 is 9.15 Å². The molecular formula is C17H16N6O2S2. The Morgan fingerprint density at radius 3 is 2.89 bits per heavy atom. The molecular weight excluding hydrogens is 384 g/mol. The van der Waals surface area contributed by atoms with Crippen LogP contribution in [0.5, 0.6) is 5.75 Å². The fourth-order valence-corrected chi connectivity index (χ4v) is 3.95. The first-order valence-corrected chi connectivity index (χ1v) is 9.89. The Kier molecular flexibility index (Phi) is 4.90. The maximum atomic E-state index is 5.81. The third kappa shape index (κ3) is 3.58. The Morgan fingerprint density at radius 2 is 2.11 bits per heavy atom. The summed E-state index contributed by atoms with van der Waals surface area (Å²) in [5, 5.41) is 22.8. The minimum atomic E-state index is -0.119. The minimum Gasteiger partial charge on any atom is -0.494 e. The zero-order valence-electron chi connectivity index (χ0n) is 14.9. The summed E-state index contributed by atoms with van der Waals surface area (Å²) in [6.07, 6.45) is 0. The molecule has 0 radical (unpaired) electrons. The van der Waals surface area contributed by atoms with Crippen LogP contribution >= 0.6 is 23.1 Å². The normalized spacial score (nSPS) is 12.3. The van der Waals surface area contributed by atoms with Crippen molar-refractivity contribution >= 4 is 23.1 Å². The summed E-state index contributed by atoms with van der Waals surface area (Å²) in [7, 11) is 1.62. The van der Waals surface area contributed by atoms with Crippen LogP contribution in [-0.4, -0.2) is 37.5 Å². The second kappa shape index (κ2) is 7.49. The van der Waals surface area contributed by atoms with Gasteiger partial charge in [0.2, 0.25) is 11.0 Å². The molecule has 0 aliphatic heterocycles. The van der Waals surface area contributed by atoms with Crippen LogP contribution in [0, 0.1) is 6.92 Å². The molecule has 0 unspecified atom stereocenters. The summed E-state index contributed by atoms with van der Waals surface area (Å²) in [5.41, 5.74) is 1.87. The molecule has 3 aromatic heterocycles. The first-order valence-electron chi connectivity index (χ1n) is 8.13. The van der Waals surface area contributed by atoms with Crippen molar-refractivity contribution in [2.75, 3.05) is 7.11 Å². The third-order valence-electron chi connectivity index (χ3n) is 3.81. The van der Waals surface area contributed by atoms with Crippen LogP contribution in [0.15, 0.2) is 45.3 Å². The van der Waals surface area contributed by atoms with Gasteiger partial charge in [-0.05, 0) is 53.4 Å². The van der Waals surface area contributed by atoms with Crippen LogP contribution in [-0.2, 0) is 0 Å². The Morgan fingerprint density at radius 1 is 1.22 bits per heavy atom. The monoisotopic (exact) mass is 400 g/mol. The molecule has 8 nitrogen and oxygen atoms in total. The molecule has 1 atom stereocenters. The van der Waals surface area contributed by atoms with E-state index in [9.17, 15) is 0 Å². The van der Waals surface area contributed by atoms with Gasteiger partial charge in [0.15, 0.2) is 0 Å². The molecule has 0 saturated carbocycles. The van der Waals surface area contributed by atoms with Gasteiger partial charge in [-0.3, -0.25) is 0 Å². The van der Waals surface area contributed by atoms with Gasteiger partial charge in [0, 0.05) is 0 Å². The van der Waals surface area contributed by atoms with Crippen molar-refractivity contribution in [3.63, 3.8) is 0 Å². The van der Waals surface area contributed by atoms with Gasteiger partial charge in [-0.25, -0.2) is 0 Å². The second-order valence-corrected chi connectivity index (χ2v) is 7.99. The smallest absolute Gasteiger partial charge is 0.257 e. The van der Waals surface area contributed by atoms with Gasteiger partial charge in [0.05, 0.1) is 17.2 Å². The lowest BCUT2D eigenvalue weighted by molar-refractivity contribution is 0.410. The van der Waals surface area contributed by atoms with Gasteiger partial charge >= 0.3 is 0 Å². The highest BCUT2D eigenvalue weighted by Crippen LogP contribution is 2.36. The molecule has 4 rings (SSSR count). The molecule has 138 valence electrons. The molecule has 27 heavy (non-hydrogen) atoms. The number of methoxy groups -OCH3 is 1. The third-order valence-corrected chi connectivity index (χ3v) is 5.68. The maximum absolute atomic E-state index is 5.81. The number of thiophene rings is 1. The van der Waals surface area contributed by atoms with E-state index in [0.29, 0.717) is 22.7 Å². The summed E-state index contributed by atoms with van der Waals surface area (Å²) >= 11 is 3.00. The van der Waals surface area contributed by atoms with Crippen LogP contribution in [0.1, 0.15) is 23.6 Å². The summed E-state index contributed by atoms with van der Waals surface area (Å²) < 4.78 is 12.9. The van der Waals surface area contributed by atoms with Crippen LogP contribution in [0.4, 0.5) is 0 Å². The van der Waals surface area contributed by atoms with E-state index in [2.05, 4.69) is 25.7 Å². The van der Waals surface area contributed by atoms with Crippen molar-refractivity contribution < 1.29 is 9.15 Å². The maximum Gasteiger partial charge on any atom is 0.257 e. The number of ether oxygens (including phenoxy) is 1. The van der Waals surface area contributed by atoms with Gasteiger partial charge in [0.25, 0.3) is 5.89 Å². The Bertz CT molecular complexity index is 1040. The summed E-state index contributed by atoms with van der Waals surface area (Å²) in [4.78, 5) is 0.945. The number of hydrogen-bond donors (Lipinski definition) is 0. The molecule has 0 spiro atoms. The number of hydrogen-bond acceptors (Lipinski definition) is 9. The quantitative estimate of drug-likeness (QED) is 0.449. The van der Waals surface area contributed by atoms with Crippen molar-refractivity contribution in [1.29, 1.82) is 0 Å². The predicted octanol–water partition coefficient (Wildman–Crippen LogP) is 3.94. The Hall–Kier alpha value is -2.72. The van der Waals surface area contributed by atoms with Crippen molar-refractivity contribution in [2.45, 2.75) is 24.3 Å². The predicted molar refractivity (Wildman–Crippen MR) is 102 cm³/mol. The zero-order chi connectivity index (χ0) is 18.8. The van der Waals surface area contributed by atoms with E-state index >= 15 is 0 Å². The average molecular weight is 400 g/mol. The van der Waals surface area contributed by atoms with Gasteiger partial charge in [-0.15, -0.1) is 26.6 Å². The standard InChI is InChI=1S/C17H16N6O2S2/c1-10-6-7-13(24-3)12(9-10)23-17(20-21-22-23)27-11(2)15-18-19-16(25-15)14-5-4-8-26-14/h4-9,11H,1-3H3/t11-/m0/s1. The number of nitrogens with zero attached hydrogens (tertiary/aromatic N) is 6. The van der Waals surface area contributed by atoms with Crippen molar-refractivity contribution in [1.82, 2.24) is 30.4 Å². The summed E-state index contributed by atoms with van der Waals surface area (Å²) in [6.45, 7) is 3.98. The SMILES string of the molecule is COc1ccc(C)cc1-n1nnnc1S[C@@H](C)c1nnc(-c2cccs2)o1. The highest BCUT2D eigenvalue weighted by Gasteiger charge is 2.21.